The van der Waals surface area contributed by atoms with Gasteiger partial charge in [0, 0.05) is 11.8 Å². The number of carbonyl (C=O) groups is 2. The molecule has 2 aromatic heterocycles. The van der Waals surface area contributed by atoms with Gasteiger partial charge < -0.3 is 10.1 Å². The van der Waals surface area contributed by atoms with E-state index in [1.165, 1.54) is 22.7 Å². The lowest BCUT2D eigenvalue weighted by Gasteiger charge is -2.07. The standard InChI is InChI=1S/C16H11NO3S2/c18-15(13-6-2-8-21-13)17-11-4-1-5-12(10-11)20-16(19)14-7-3-9-22-14/h1-10H,(H,17,18). The summed E-state index contributed by atoms with van der Waals surface area (Å²) in [4.78, 5) is 25.0. The van der Waals surface area contributed by atoms with E-state index in [0.29, 0.717) is 21.2 Å². The van der Waals surface area contributed by atoms with Gasteiger partial charge in [0.05, 0.1) is 4.88 Å². The Labute approximate surface area is 135 Å². The van der Waals surface area contributed by atoms with E-state index < -0.39 is 5.97 Å². The Morgan fingerprint density at radius 3 is 2.32 bits per heavy atom. The molecule has 4 nitrogen and oxygen atoms in total. The second-order valence-corrected chi connectivity index (χ2v) is 6.22. The highest BCUT2D eigenvalue weighted by molar-refractivity contribution is 7.12. The minimum absolute atomic E-state index is 0.184. The lowest BCUT2D eigenvalue weighted by molar-refractivity contribution is 0.0740. The first-order valence-corrected chi connectivity index (χ1v) is 8.19. The van der Waals surface area contributed by atoms with Crippen LogP contribution in [0.2, 0.25) is 0 Å². The van der Waals surface area contributed by atoms with Crippen LogP contribution >= 0.6 is 22.7 Å². The number of hydrogen-bond donors (Lipinski definition) is 1. The average Bonchev–Trinajstić information content (AvgIpc) is 3.21. The number of benzene rings is 1. The first-order valence-electron chi connectivity index (χ1n) is 6.43. The lowest BCUT2D eigenvalue weighted by Crippen LogP contribution is -2.11. The molecule has 22 heavy (non-hydrogen) atoms. The van der Waals surface area contributed by atoms with Gasteiger partial charge in [-0.25, -0.2) is 4.79 Å². The van der Waals surface area contributed by atoms with E-state index in [2.05, 4.69) is 5.32 Å². The number of esters is 1. The fourth-order valence-corrected chi connectivity index (χ4v) is 3.01. The van der Waals surface area contributed by atoms with Crippen LogP contribution in [-0.4, -0.2) is 11.9 Å². The molecule has 0 radical (unpaired) electrons. The second-order valence-electron chi connectivity index (χ2n) is 4.33. The quantitative estimate of drug-likeness (QED) is 0.574. The zero-order valence-corrected chi connectivity index (χ0v) is 12.9. The van der Waals surface area contributed by atoms with Gasteiger partial charge in [0.15, 0.2) is 0 Å². The van der Waals surface area contributed by atoms with Crippen molar-refractivity contribution in [2.45, 2.75) is 0 Å². The zero-order valence-electron chi connectivity index (χ0n) is 11.3. The molecule has 3 aromatic rings. The van der Waals surface area contributed by atoms with Crippen LogP contribution in [-0.2, 0) is 0 Å². The van der Waals surface area contributed by atoms with Crippen LogP contribution in [0.15, 0.2) is 59.3 Å². The molecule has 2 heterocycles. The van der Waals surface area contributed by atoms with E-state index in [9.17, 15) is 9.59 Å². The minimum atomic E-state index is -0.406. The molecule has 0 aliphatic heterocycles. The van der Waals surface area contributed by atoms with E-state index in [0.717, 1.165) is 0 Å². The van der Waals surface area contributed by atoms with Gasteiger partial charge in [0.25, 0.3) is 5.91 Å². The topological polar surface area (TPSA) is 55.4 Å². The molecule has 1 amide bonds. The van der Waals surface area contributed by atoms with Crippen molar-refractivity contribution in [3.8, 4) is 5.75 Å². The first-order chi connectivity index (χ1) is 10.7. The first kappa shape index (κ1) is 14.5. The zero-order chi connectivity index (χ0) is 15.4. The van der Waals surface area contributed by atoms with Crippen molar-refractivity contribution in [3.05, 3.63) is 69.0 Å². The molecule has 0 saturated carbocycles. The number of hydrogen-bond acceptors (Lipinski definition) is 5. The summed E-state index contributed by atoms with van der Waals surface area (Å²) in [6.45, 7) is 0. The Morgan fingerprint density at radius 2 is 1.64 bits per heavy atom. The molecular formula is C16H11NO3S2. The van der Waals surface area contributed by atoms with Crippen LogP contribution < -0.4 is 10.1 Å². The van der Waals surface area contributed by atoms with E-state index in [-0.39, 0.29) is 5.91 Å². The largest absolute Gasteiger partial charge is 0.422 e. The van der Waals surface area contributed by atoms with E-state index >= 15 is 0 Å². The second kappa shape index (κ2) is 6.55. The summed E-state index contributed by atoms with van der Waals surface area (Å²) in [5.41, 5.74) is 0.579. The highest BCUT2D eigenvalue weighted by Crippen LogP contribution is 2.21. The third-order valence-electron chi connectivity index (χ3n) is 2.77. The van der Waals surface area contributed by atoms with Gasteiger partial charge in [0.1, 0.15) is 10.6 Å². The Bertz CT molecular complexity index is 716. The molecule has 0 spiro atoms. The van der Waals surface area contributed by atoms with Crippen molar-refractivity contribution >= 4 is 40.2 Å². The highest BCUT2D eigenvalue weighted by atomic mass is 32.1. The van der Waals surface area contributed by atoms with Gasteiger partial charge in [-0.05, 0) is 35.0 Å². The summed E-state index contributed by atoms with van der Waals surface area (Å²) in [6, 6.07) is 13.8. The third kappa shape index (κ3) is 3.41. The van der Waals surface area contributed by atoms with Crippen LogP contribution in [0, 0.1) is 0 Å². The van der Waals surface area contributed by atoms with Gasteiger partial charge in [-0.1, -0.05) is 18.2 Å². The number of carbonyl (C=O) groups excluding carboxylic acids is 2. The summed E-state index contributed by atoms with van der Waals surface area (Å²) in [5.74, 6) is -0.198. The maximum absolute atomic E-state index is 12.0. The van der Waals surface area contributed by atoms with Crippen LogP contribution in [0.25, 0.3) is 0 Å². The fraction of sp³-hybridized carbons (Fsp3) is 0. The Hall–Kier alpha value is -2.44. The summed E-state index contributed by atoms with van der Waals surface area (Å²) in [6.07, 6.45) is 0. The van der Waals surface area contributed by atoms with Gasteiger partial charge in [-0.15, -0.1) is 22.7 Å². The van der Waals surface area contributed by atoms with Crippen molar-refractivity contribution in [1.29, 1.82) is 0 Å². The summed E-state index contributed by atoms with van der Waals surface area (Å²) in [7, 11) is 0. The van der Waals surface area contributed by atoms with Crippen LogP contribution in [0.3, 0.4) is 0 Å². The van der Waals surface area contributed by atoms with Crippen LogP contribution in [0.4, 0.5) is 5.69 Å². The number of amides is 1. The van der Waals surface area contributed by atoms with Crippen molar-refractivity contribution in [3.63, 3.8) is 0 Å². The van der Waals surface area contributed by atoms with Gasteiger partial charge in [-0.2, -0.15) is 0 Å². The Morgan fingerprint density at radius 1 is 0.909 bits per heavy atom. The number of rotatable bonds is 4. The van der Waals surface area contributed by atoms with E-state index in [4.69, 9.17) is 4.74 Å². The van der Waals surface area contributed by atoms with Gasteiger partial charge in [-0.3, -0.25) is 4.79 Å². The van der Waals surface area contributed by atoms with Crippen molar-refractivity contribution < 1.29 is 14.3 Å². The van der Waals surface area contributed by atoms with E-state index in [1.807, 2.05) is 16.8 Å². The third-order valence-corrected chi connectivity index (χ3v) is 4.49. The fourth-order valence-electron chi connectivity index (χ4n) is 1.79. The Balaban J connectivity index is 1.70. The minimum Gasteiger partial charge on any atom is -0.422 e. The summed E-state index contributed by atoms with van der Waals surface area (Å²) < 4.78 is 5.29. The van der Waals surface area contributed by atoms with Crippen LogP contribution in [0.1, 0.15) is 19.3 Å². The summed E-state index contributed by atoms with van der Waals surface area (Å²) in [5, 5.41) is 6.43. The maximum atomic E-state index is 12.0. The molecule has 0 atom stereocenters. The molecule has 0 bridgehead atoms. The highest BCUT2D eigenvalue weighted by Gasteiger charge is 2.11. The monoisotopic (exact) mass is 329 g/mol. The van der Waals surface area contributed by atoms with Crippen LogP contribution in [0.5, 0.6) is 5.75 Å². The smallest absolute Gasteiger partial charge is 0.353 e. The van der Waals surface area contributed by atoms with Gasteiger partial charge >= 0.3 is 5.97 Å². The molecule has 3 rings (SSSR count). The molecule has 0 aliphatic rings. The Kier molecular flexibility index (Phi) is 4.32. The lowest BCUT2D eigenvalue weighted by atomic mass is 10.3. The molecule has 0 fully saturated rings. The average molecular weight is 329 g/mol. The SMILES string of the molecule is O=C(Nc1cccc(OC(=O)c2cccs2)c1)c1cccs1. The van der Waals surface area contributed by atoms with Crippen molar-refractivity contribution in [1.82, 2.24) is 0 Å². The van der Waals surface area contributed by atoms with Crippen molar-refractivity contribution in [2.24, 2.45) is 0 Å². The molecule has 0 aliphatic carbocycles. The molecule has 0 unspecified atom stereocenters. The predicted molar refractivity (Wildman–Crippen MR) is 88.0 cm³/mol. The summed E-state index contributed by atoms with van der Waals surface area (Å²) >= 11 is 2.69. The molecule has 1 N–H and O–H groups in total. The van der Waals surface area contributed by atoms with Gasteiger partial charge in [0.2, 0.25) is 0 Å². The van der Waals surface area contributed by atoms with E-state index in [1.54, 1.807) is 42.5 Å². The number of thiophene rings is 2. The maximum Gasteiger partial charge on any atom is 0.353 e. The molecule has 1 aromatic carbocycles. The number of nitrogens with one attached hydrogen (secondary N) is 1. The number of anilines is 1. The molecule has 110 valence electrons. The predicted octanol–water partition coefficient (Wildman–Crippen LogP) is 4.28. The number of ether oxygens (including phenoxy) is 1. The molecule has 0 saturated heterocycles. The normalized spacial score (nSPS) is 10.2. The molecular weight excluding hydrogens is 318 g/mol. The molecule has 6 heteroatoms. The van der Waals surface area contributed by atoms with Crippen molar-refractivity contribution in [2.75, 3.05) is 5.32 Å².